The van der Waals surface area contributed by atoms with Gasteiger partial charge >= 0.3 is 0 Å². The van der Waals surface area contributed by atoms with Crippen LogP contribution < -0.4 is 5.32 Å². The molecule has 0 aliphatic rings. The molecular weight excluding hydrogens is 318 g/mol. The van der Waals surface area contributed by atoms with Crippen molar-refractivity contribution >= 4 is 39.1 Å². The Hall–Kier alpha value is -1.33. The molecule has 18 heavy (non-hydrogen) atoms. The summed E-state index contributed by atoms with van der Waals surface area (Å²) in [4.78, 5) is 11.1. The maximum atomic E-state index is 11.1. The van der Waals surface area contributed by atoms with E-state index in [9.17, 15) is 4.79 Å². The highest BCUT2D eigenvalue weighted by atomic mass is 79.9. The van der Waals surface area contributed by atoms with E-state index in [0.29, 0.717) is 12.2 Å². The van der Waals surface area contributed by atoms with E-state index in [4.69, 9.17) is 11.6 Å². The molecule has 2 rings (SSSR count). The smallest absolute Gasteiger partial charge is 0.239 e. The molecule has 1 aromatic carbocycles. The second kappa shape index (κ2) is 6.02. The molecule has 94 valence electrons. The Morgan fingerprint density at radius 2 is 2.11 bits per heavy atom. The van der Waals surface area contributed by atoms with Crippen molar-refractivity contribution in [3.8, 4) is 0 Å². The minimum Gasteiger partial charge on any atom is -0.322 e. The summed E-state index contributed by atoms with van der Waals surface area (Å²) in [5.74, 6) is -0.294. The predicted octanol–water partition coefficient (Wildman–Crippen LogP) is 2.87. The van der Waals surface area contributed by atoms with Gasteiger partial charge in [0.05, 0.1) is 18.4 Å². The molecule has 0 aliphatic carbocycles. The Morgan fingerprint density at radius 3 is 2.78 bits per heavy atom. The fourth-order valence-electron chi connectivity index (χ4n) is 1.49. The minimum atomic E-state index is -0.236. The van der Waals surface area contributed by atoms with Gasteiger partial charge in [0.1, 0.15) is 5.88 Å². The normalized spacial score (nSPS) is 10.3. The number of hydrogen-bond donors (Lipinski definition) is 1. The molecule has 1 amide bonds. The largest absolute Gasteiger partial charge is 0.322 e. The van der Waals surface area contributed by atoms with Gasteiger partial charge in [-0.3, -0.25) is 9.48 Å². The molecule has 0 atom stereocenters. The lowest BCUT2D eigenvalue weighted by Gasteiger charge is -2.02. The van der Waals surface area contributed by atoms with Gasteiger partial charge in [-0.05, 0) is 17.7 Å². The fraction of sp³-hybridized carbons (Fsp3) is 0.167. The maximum Gasteiger partial charge on any atom is 0.239 e. The van der Waals surface area contributed by atoms with Crippen LogP contribution in [0.4, 0.5) is 5.69 Å². The van der Waals surface area contributed by atoms with Gasteiger partial charge in [-0.15, -0.1) is 11.6 Å². The molecule has 0 aliphatic heterocycles. The molecule has 0 saturated carbocycles. The van der Waals surface area contributed by atoms with E-state index in [0.717, 1.165) is 10.0 Å². The van der Waals surface area contributed by atoms with Gasteiger partial charge in [0.2, 0.25) is 5.91 Å². The van der Waals surface area contributed by atoms with Crippen molar-refractivity contribution in [2.75, 3.05) is 11.2 Å². The molecule has 0 spiro atoms. The fourth-order valence-corrected chi connectivity index (χ4v) is 1.82. The zero-order chi connectivity index (χ0) is 13.0. The highest BCUT2D eigenvalue weighted by Crippen LogP contribution is 2.12. The van der Waals surface area contributed by atoms with Crippen molar-refractivity contribution in [3.05, 3.63) is 46.7 Å². The first kappa shape index (κ1) is 13.1. The van der Waals surface area contributed by atoms with Crippen molar-refractivity contribution in [2.24, 2.45) is 0 Å². The molecule has 0 fully saturated rings. The van der Waals surface area contributed by atoms with Crippen molar-refractivity contribution in [1.29, 1.82) is 0 Å². The molecule has 0 saturated heterocycles. The number of amides is 1. The van der Waals surface area contributed by atoms with Gasteiger partial charge in [-0.25, -0.2) is 0 Å². The number of rotatable bonds is 4. The Kier molecular flexibility index (Phi) is 4.38. The van der Waals surface area contributed by atoms with E-state index in [1.807, 2.05) is 24.3 Å². The third-order valence-electron chi connectivity index (χ3n) is 2.30. The number of hydrogen-bond acceptors (Lipinski definition) is 2. The van der Waals surface area contributed by atoms with Crippen LogP contribution in [0.2, 0.25) is 0 Å². The number of anilines is 1. The molecule has 4 nitrogen and oxygen atoms in total. The third kappa shape index (κ3) is 3.58. The van der Waals surface area contributed by atoms with Crippen LogP contribution in [-0.2, 0) is 11.3 Å². The van der Waals surface area contributed by atoms with Crippen LogP contribution in [0, 0.1) is 0 Å². The summed E-state index contributed by atoms with van der Waals surface area (Å²) in [5.41, 5.74) is 1.79. The summed E-state index contributed by atoms with van der Waals surface area (Å²) in [6.45, 7) is 0.657. The summed E-state index contributed by atoms with van der Waals surface area (Å²) in [6.07, 6.45) is 3.37. The number of aromatic nitrogens is 2. The highest BCUT2D eigenvalue weighted by Gasteiger charge is 2.03. The minimum absolute atomic E-state index is 0.0576. The maximum absolute atomic E-state index is 11.1. The van der Waals surface area contributed by atoms with Crippen LogP contribution in [0.15, 0.2) is 41.1 Å². The Bertz CT molecular complexity index is 539. The van der Waals surface area contributed by atoms with E-state index < -0.39 is 0 Å². The van der Waals surface area contributed by atoms with E-state index >= 15 is 0 Å². The van der Waals surface area contributed by atoms with Crippen molar-refractivity contribution in [2.45, 2.75) is 6.54 Å². The number of nitrogens with zero attached hydrogens (tertiary/aromatic N) is 2. The van der Waals surface area contributed by atoms with Crippen LogP contribution in [0.5, 0.6) is 0 Å². The summed E-state index contributed by atoms with van der Waals surface area (Å²) in [6, 6.07) is 8.00. The molecule has 0 bridgehead atoms. The lowest BCUT2D eigenvalue weighted by atomic mass is 10.2. The Labute approximate surface area is 118 Å². The lowest BCUT2D eigenvalue weighted by Crippen LogP contribution is -2.11. The average Bonchev–Trinajstić information content (AvgIpc) is 2.79. The summed E-state index contributed by atoms with van der Waals surface area (Å²) >= 11 is 8.80. The zero-order valence-electron chi connectivity index (χ0n) is 9.44. The van der Waals surface area contributed by atoms with Gasteiger partial charge in [0.25, 0.3) is 0 Å². The number of carbonyl (C=O) groups excluding carboxylic acids is 1. The van der Waals surface area contributed by atoms with Crippen LogP contribution >= 0.6 is 27.5 Å². The van der Waals surface area contributed by atoms with Crippen molar-refractivity contribution in [3.63, 3.8) is 0 Å². The first-order chi connectivity index (χ1) is 8.67. The average molecular weight is 329 g/mol. The molecule has 1 N–H and O–H groups in total. The van der Waals surface area contributed by atoms with Crippen molar-refractivity contribution in [1.82, 2.24) is 9.78 Å². The number of alkyl halides is 1. The molecule has 6 heteroatoms. The quantitative estimate of drug-likeness (QED) is 0.877. The number of nitrogens with one attached hydrogen (secondary N) is 1. The van der Waals surface area contributed by atoms with Crippen LogP contribution in [-0.4, -0.2) is 21.6 Å². The van der Waals surface area contributed by atoms with Crippen molar-refractivity contribution < 1.29 is 4.79 Å². The van der Waals surface area contributed by atoms with Gasteiger partial charge < -0.3 is 5.32 Å². The monoisotopic (exact) mass is 327 g/mol. The molecule has 1 heterocycles. The lowest BCUT2D eigenvalue weighted by molar-refractivity contribution is -0.113. The van der Waals surface area contributed by atoms with Gasteiger partial charge in [-0.1, -0.05) is 28.1 Å². The molecule has 2 aromatic rings. The molecule has 1 aromatic heterocycles. The second-order valence-corrected chi connectivity index (χ2v) is 4.92. The summed E-state index contributed by atoms with van der Waals surface area (Å²) in [5, 5.41) is 6.81. The van der Waals surface area contributed by atoms with Crippen LogP contribution in [0.25, 0.3) is 0 Å². The van der Waals surface area contributed by atoms with E-state index in [1.165, 1.54) is 0 Å². The summed E-state index contributed by atoms with van der Waals surface area (Å²) < 4.78 is 2.80. The summed E-state index contributed by atoms with van der Waals surface area (Å²) in [7, 11) is 0. The SMILES string of the molecule is O=C(CCl)Nc1cnn(Cc2ccc(Br)cc2)c1. The third-order valence-corrected chi connectivity index (χ3v) is 3.07. The van der Waals surface area contributed by atoms with E-state index in [2.05, 4.69) is 26.3 Å². The van der Waals surface area contributed by atoms with Gasteiger partial charge in [-0.2, -0.15) is 5.10 Å². The Balaban J connectivity index is 2.02. The molecule has 0 unspecified atom stereocenters. The standard InChI is InChI=1S/C12H11BrClN3O/c13-10-3-1-9(2-4-10)7-17-8-11(6-15-17)16-12(18)5-14/h1-4,6,8H,5,7H2,(H,16,18). The second-order valence-electron chi connectivity index (χ2n) is 3.73. The number of benzene rings is 1. The number of carbonyl (C=O) groups is 1. The Morgan fingerprint density at radius 1 is 1.39 bits per heavy atom. The zero-order valence-corrected chi connectivity index (χ0v) is 11.8. The molecule has 0 radical (unpaired) electrons. The first-order valence-corrected chi connectivity index (χ1v) is 6.63. The predicted molar refractivity (Wildman–Crippen MR) is 74.8 cm³/mol. The van der Waals surface area contributed by atoms with Crippen LogP contribution in [0.1, 0.15) is 5.56 Å². The topological polar surface area (TPSA) is 46.9 Å². The van der Waals surface area contributed by atoms with Gasteiger partial charge in [0, 0.05) is 10.7 Å². The van der Waals surface area contributed by atoms with Gasteiger partial charge in [0.15, 0.2) is 0 Å². The molecular formula is C12H11BrClN3O. The number of halogens is 2. The van der Waals surface area contributed by atoms with Crippen LogP contribution in [0.3, 0.4) is 0 Å². The first-order valence-electron chi connectivity index (χ1n) is 5.30. The highest BCUT2D eigenvalue weighted by molar-refractivity contribution is 9.10. The van der Waals surface area contributed by atoms with E-state index in [-0.39, 0.29) is 11.8 Å². The van der Waals surface area contributed by atoms with E-state index in [1.54, 1.807) is 17.1 Å².